The number of alkyl halides is 3. The highest BCUT2D eigenvalue weighted by Crippen LogP contribution is 2.34. The van der Waals surface area contributed by atoms with Gasteiger partial charge in [0.05, 0.1) is 23.5 Å². The average Bonchev–Trinajstić information content (AvgIpc) is 3.36. The lowest BCUT2D eigenvalue weighted by Crippen LogP contribution is -2.42. The zero-order chi connectivity index (χ0) is 29.2. The number of hydrogen-bond donors (Lipinski definition) is 2. The van der Waals surface area contributed by atoms with Crippen LogP contribution in [0.15, 0.2) is 65.6 Å². The van der Waals surface area contributed by atoms with Crippen LogP contribution in [0.4, 0.5) is 23.2 Å². The van der Waals surface area contributed by atoms with Crippen LogP contribution < -0.4 is 15.4 Å². The summed E-state index contributed by atoms with van der Waals surface area (Å²) in [6.45, 7) is 1.89. The van der Waals surface area contributed by atoms with E-state index < -0.39 is 49.8 Å². The number of carbonyl (C=O) groups excluding carboxylic acids is 2. The number of sulfone groups is 1. The molecule has 12 heteroatoms. The molecule has 2 atom stereocenters. The molecule has 1 fully saturated rings. The van der Waals surface area contributed by atoms with E-state index >= 15 is 0 Å². The topological polar surface area (TPSA) is 102 Å². The molecule has 3 aromatic carbocycles. The second kappa shape index (κ2) is 11.3. The third kappa shape index (κ3) is 5.96. The average molecular weight is 579 g/mol. The number of benzene rings is 3. The van der Waals surface area contributed by atoms with Crippen molar-refractivity contribution in [3.8, 4) is 16.9 Å². The maximum atomic E-state index is 14.8. The monoisotopic (exact) mass is 578 g/mol. The van der Waals surface area contributed by atoms with Crippen molar-refractivity contribution in [2.75, 3.05) is 12.4 Å². The van der Waals surface area contributed by atoms with Crippen LogP contribution in [-0.4, -0.2) is 38.9 Å². The van der Waals surface area contributed by atoms with E-state index in [4.69, 9.17) is 4.74 Å². The minimum atomic E-state index is -5.59. The number of nitrogens with one attached hydrogen (secondary N) is 2. The number of halogens is 4. The van der Waals surface area contributed by atoms with Gasteiger partial charge in [-0.1, -0.05) is 42.3 Å². The fourth-order valence-corrected chi connectivity index (χ4v) is 5.47. The zero-order valence-electron chi connectivity index (χ0n) is 21.5. The number of amides is 2. The number of hydrogen-bond acceptors (Lipinski definition) is 5. The van der Waals surface area contributed by atoms with E-state index in [1.165, 1.54) is 19.2 Å². The Kier molecular flexibility index (Phi) is 8.20. The third-order valence-electron chi connectivity index (χ3n) is 6.78. The van der Waals surface area contributed by atoms with Gasteiger partial charge >= 0.3 is 5.51 Å². The second-order valence-corrected chi connectivity index (χ2v) is 11.4. The molecule has 0 aliphatic heterocycles. The number of methoxy groups -OCH3 is 1. The van der Waals surface area contributed by atoms with E-state index in [2.05, 4.69) is 10.6 Å². The Morgan fingerprint density at radius 1 is 1.00 bits per heavy atom. The molecule has 2 amide bonds. The van der Waals surface area contributed by atoms with Gasteiger partial charge in [0.2, 0.25) is 5.91 Å². The molecule has 1 aliphatic carbocycles. The predicted molar refractivity (Wildman–Crippen MR) is 140 cm³/mol. The molecule has 7 nitrogen and oxygen atoms in total. The summed E-state index contributed by atoms with van der Waals surface area (Å²) in [5.41, 5.74) is -3.81. The summed E-state index contributed by atoms with van der Waals surface area (Å²) in [6, 6.07) is 12.8. The molecule has 1 saturated carbocycles. The van der Waals surface area contributed by atoms with Gasteiger partial charge in [0.25, 0.3) is 15.7 Å². The summed E-state index contributed by atoms with van der Waals surface area (Å²) in [5, 5.41) is 5.26. The highest BCUT2D eigenvalue weighted by molar-refractivity contribution is 7.92. The smallest absolute Gasteiger partial charge is 0.496 e. The Bertz CT molecular complexity index is 1540. The summed E-state index contributed by atoms with van der Waals surface area (Å²) >= 11 is 0. The molecule has 0 bridgehead atoms. The molecule has 0 radical (unpaired) electrons. The van der Waals surface area contributed by atoms with Crippen LogP contribution in [0.3, 0.4) is 0 Å². The number of ether oxygens (including phenoxy) is 1. The molecule has 4 rings (SSSR count). The van der Waals surface area contributed by atoms with Gasteiger partial charge in [0, 0.05) is 23.4 Å². The fraction of sp³-hybridized carbons (Fsp3) is 0.286. The minimum Gasteiger partial charge on any atom is -0.496 e. The lowest BCUT2D eigenvalue weighted by Gasteiger charge is -2.22. The van der Waals surface area contributed by atoms with Gasteiger partial charge in [-0.2, -0.15) is 13.2 Å². The molecule has 0 heterocycles. The van der Waals surface area contributed by atoms with Crippen molar-refractivity contribution in [2.24, 2.45) is 5.92 Å². The number of rotatable bonds is 7. The van der Waals surface area contributed by atoms with E-state index in [0.29, 0.717) is 24.8 Å². The van der Waals surface area contributed by atoms with Crippen LogP contribution >= 0.6 is 0 Å². The Balaban J connectivity index is 1.53. The lowest BCUT2D eigenvalue weighted by molar-refractivity contribution is -0.120. The molecule has 0 aromatic heterocycles. The third-order valence-corrected chi connectivity index (χ3v) is 8.27. The Morgan fingerprint density at radius 2 is 1.70 bits per heavy atom. The fourth-order valence-electron chi connectivity index (χ4n) is 4.66. The highest BCUT2D eigenvalue weighted by atomic mass is 32.2. The van der Waals surface area contributed by atoms with Gasteiger partial charge in [0.15, 0.2) is 0 Å². The van der Waals surface area contributed by atoms with Crippen molar-refractivity contribution in [2.45, 2.75) is 42.6 Å². The summed E-state index contributed by atoms with van der Waals surface area (Å²) in [4.78, 5) is 25.3. The van der Waals surface area contributed by atoms with Gasteiger partial charge in [-0.05, 0) is 49.6 Å². The Hall–Kier alpha value is -3.93. The highest BCUT2D eigenvalue weighted by Gasteiger charge is 2.47. The molecule has 0 saturated heterocycles. The first-order valence-electron chi connectivity index (χ1n) is 12.3. The Labute approximate surface area is 228 Å². The molecular weight excluding hydrogens is 552 g/mol. The lowest BCUT2D eigenvalue weighted by atomic mass is 9.99. The van der Waals surface area contributed by atoms with Crippen LogP contribution in [0, 0.1) is 18.7 Å². The van der Waals surface area contributed by atoms with E-state index in [9.17, 15) is 35.6 Å². The first-order valence-corrected chi connectivity index (χ1v) is 13.8. The van der Waals surface area contributed by atoms with Crippen LogP contribution in [0.2, 0.25) is 0 Å². The number of aryl methyl sites for hydroxylation is 1. The summed E-state index contributed by atoms with van der Waals surface area (Å²) in [5.74, 6) is -2.49. The zero-order valence-corrected chi connectivity index (χ0v) is 22.3. The predicted octanol–water partition coefficient (Wildman–Crippen LogP) is 5.64. The van der Waals surface area contributed by atoms with E-state index in [1.807, 2.05) is 19.1 Å². The summed E-state index contributed by atoms with van der Waals surface area (Å²) < 4.78 is 82.4. The van der Waals surface area contributed by atoms with Crippen molar-refractivity contribution in [3.05, 3.63) is 77.6 Å². The van der Waals surface area contributed by atoms with Gasteiger partial charge in [-0.15, -0.1) is 0 Å². The molecule has 40 heavy (non-hydrogen) atoms. The largest absolute Gasteiger partial charge is 0.501 e. The molecule has 0 unspecified atom stereocenters. The van der Waals surface area contributed by atoms with Crippen molar-refractivity contribution in [1.82, 2.24) is 5.32 Å². The second-order valence-electron chi connectivity index (χ2n) is 9.48. The normalized spacial score (nSPS) is 17.4. The van der Waals surface area contributed by atoms with E-state index in [1.54, 1.807) is 12.1 Å². The quantitative estimate of drug-likeness (QED) is 0.354. The molecule has 0 spiro atoms. The standard InChI is InChI=1S/C28H26F4N2O5S/c1-16-9-11-17(12-10-16)21-14-22(25(39-2)15-23(21)29)27(36)34-24-8-4-7-20(24)26(35)33-18-5-3-6-19(13-18)40(37,38)28(30,31)32/h3,5-6,9-15,20,24H,4,7-8H2,1-2H3,(H,33,35)(H,34,36)/t20-,24+/m0/s1. The van der Waals surface area contributed by atoms with Gasteiger partial charge in [-0.25, -0.2) is 12.8 Å². The van der Waals surface area contributed by atoms with Crippen molar-refractivity contribution in [3.63, 3.8) is 0 Å². The SMILES string of the molecule is COc1cc(F)c(-c2ccc(C)cc2)cc1C(=O)N[C@@H]1CCC[C@@H]1C(=O)Nc1cccc(S(=O)(=O)C(F)(F)F)c1. The molecule has 1 aliphatic rings. The number of anilines is 1. The first-order chi connectivity index (χ1) is 18.8. The van der Waals surface area contributed by atoms with Crippen molar-refractivity contribution in [1.29, 1.82) is 0 Å². The molecule has 3 aromatic rings. The van der Waals surface area contributed by atoms with Crippen LogP contribution in [-0.2, 0) is 14.6 Å². The van der Waals surface area contributed by atoms with Gasteiger partial charge in [-0.3, -0.25) is 9.59 Å². The molecule has 2 N–H and O–H groups in total. The van der Waals surface area contributed by atoms with Crippen LogP contribution in [0.25, 0.3) is 11.1 Å². The van der Waals surface area contributed by atoms with Gasteiger partial charge in [0.1, 0.15) is 11.6 Å². The first kappa shape index (κ1) is 29.1. The maximum absolute atomic E-state index is 14.8. The van der Waals surface area contributed by atoms with Crippen LogP contribution in [0.5, 0.6) is 5.75 Å². The Morgan fingerprint density at radius 3 is 2.35 bits per heavy atom. The van der Waals surface area contributed by atoms with Crippen molar-refractivity contribution >= 4 is 27.3 Å². The van der Waals surface area contributed by atoms with E-state index in [0.717, 1.165) is 29.8 Å². The number of carbonyl (C=O) groups is 2. The summed E-state index contributed by atoms with van der Waals surface area (Å²) in [7, 11) is -4.29. The van der Waals surface area contributed by atoms with E-state index in [-0.39, 0.29) is 22.6 Å². The van der Waals surface area contributed by atoms with Crippen LogP contribution in [0.1, 0.15) is 35.2 Å². The van der Waals surface area contributed by atoms with Gasteiger partial charge < -0.3 is 15.4 Å². The molecular formula is C28H26F4N2O5S. The molecule has 212 valence electrons. The summed E-state index contributed by atoms with van der Waals surface area (Å²) in [6.07, 6.45) is 1.41. The minimum absolute atomic E-state index is 0.00699. The van der Waals surface area contributed by atoms with Crippen molar-refractivity contribution < 1.29 is 40.3 Å². The maximum Gasteiger partial charge on any atom is 0.501 e.